The van der Waals surface area contributed by atoms with Crippen LogP contribution >= 0.6 is 0 Å². The van der Waals surface area contributed by atoms with Gasteiger partial charge in [-0.05, 0) is 93.6 Å². The van der Waals surface area contributed by atoms with Gasteiger partial charge in [0.05, 0.1) is 0 Å². The second-order valence-electron chi connectivity index (χ2n) is 8.90. The summed E-state index contributed by atoms with van der Waals surface area (Å²) in [7, 11) is 2.85. The average molecular weight is 563 g/mol. The van der Waals surface area contributed by atoms with Gasteiger partial charge in [-0.1, -0.05) is 0 Å². The molecular weight excluding hydrogens is 527 g/mol. The summed E-state index contributed by atoms with van der Waals surface area (Å²) in [4.78, 5) is 46.5. The summed E-state index contributed by atoms with van der Waals surface area (Å²) in [6.45, 7) is 2.61. The van der Waals surface area contributed by atoms with Crippen LogP contribution < -0.4 is 10.6 Å². The standard InChI is InChI=1S/C13H16FNO3.2C8H8FNO/c1-13(2,3)18-12(17)15(4)11(16)9-5-7-10(14)8-6-9;2*1-10-8(11)6-2-4-7(9)5-3-6/h5-8H,1-4H3;2*2-5H,1H3,(H,10,11)/i;1D3;. The number of nitrogens with zero attached hydrogens (tertiary/aromatic N) is 1. The fourth-order valence-electron chi connectivity index (χ4n) is 2.62. The molecule has 0 saturated heterocycles. The van der Waals surface area contributed by atoms with Crippen molar-refractivity contribution in [2.24, 2.45) is 0 Å². The SMILES string of the molecule is CN(C(=O)OC(C)(C)C)C(=O)c1ccc(F)cc1.CNC(=O)c1ccc(F)cc1.[2H]C([2H])([2H])NC(=O)c1ccc(F)cc1. The highest BCUT2D eigenvalue weighted by Crippen LogP contribution is 2.12. The fourth-order valence-corrected chi connectivity index (χ4v) is 2.62. The van der Waals surface area contributed by atoms with E-state index in [1.54, 1.807) is 26.1 Å². The van der Waals surface area contributed by atoms with Gasteiger partial charge in [0.1, 0.15) is 23.1 Å². The topological polar surface area (TPSA) is 105 Å². The number of nitrogens with one attached hydrogen (secondary N) is 2. The van der Waals surface area contributed by atoms with Crippen LogP contribution in [0, 0.1) is 17.5 Å². The Kier molecular flexibility index (Phi) is 11.1. The molecule has 0 atom stereocenters. The molecule has 4 amide bonds. The number of hydrogen-bond acceptors (Lipinski definition) is 5. The molecule has 0 aliphatic rings. The van der Waals surface area contributed by atoms with Gasteiger partial charge in [0.15, 0.2) is 0 Å². The van der Waals surface area contributed by atoms with Crippen LogP contribution in [0.15, 0.2) is 72.8 Å². The van der Waals surface area contributed by atoms with Crippen LogP contribution in [0.1, 0.15) is 56.0 Å². The van der Waals surface area contributed by atoms with Crippen molar-refractivity contribution in [1.82, 2.24) is 15.5 Å². The number of ether oxygens (including phenoxy) is 1. The molecule has 0 aromatic heterocycles. The van der Waals surface area contributed by atoms with Crippen LogP contribution in [0.4, 0.5) is 18.0 Å². The quantitative estimate of drug-likeness (QED) is 0.457. The first kappa shape index (κ1) is 28.3. The van der Waals surface area contributed by atoms with Crippen LogP contribution in [0.2, 0.25) is 0 Å². The average Bonchev–Trinajstić information content (AvgIpc) is 2.92. The third-order valence-electron chi connectivity index (χ3n) is 4.62. The smallest absolute Gasteiger partial charge is 0.417 e. The van der Waals surface area contributed by atoms with E-state index in [0.717, 1.165) is 29.2 Å². The molecule has 3 aromatic rings. The van der Waals surface area contributed by atoms with Crippen LogP contribution in [0.25, 0.3) is 0 Å². The summed E-state index contributed by atoms with van der Waals surface area (Å²) in [6.07, 6.45) is -0.739. The number of rotatable bonds is 3. The van der Waals surface area contributed by atoms with Crippen LogP contribution in [-0.2, 0) is 4.74 Å². The molecule has 0 bridgehead atoms. The van der Waals surface area contributed by atoms with E-state index in [0.29, 0.717) is 5.56 Å². The molecule has 0 fully saturated rings. The number of carbonyl (C=O) groups is 4. The van der Waals surface area contributed by atoms with Gasteiger partial charge in [-0.3, -0.25) is 14.4 Å². The zero-order valence-corrected chi connectivity index (χ0v) is 22.6. The third kappa shape index (κ3) is 11.8. The Morgan fingerprint density at radius 3 is 1.38 bits per heavy atom. The molecule has 8 nitrogen and oxygen atoms in total. The van der Waals surface area contributed by atoms with Gasteiger partial charge in [0.2, 0.25) is 0 Å². The Hall–Kier alpha value is -4.67. The number of hydrogen-bond donors (Lipinski definition) is 2. The molecule has 0 spiro atoms. The molecule has 40 heavy (non-hydrogen) atoms. The van der Waals surface area contributed by atoms with Crippen molar-refractivity contribution in [2.45, 2.75) is 26.4 Å². The minimum absolute atomic E-state index is 0.113. The fraction of sp³-hybridized carbons (Fsp3) is 0.241. The number of halogens is 3. The molecule has 0 heterocycles. The predicted molar refractivity (Wildman–Crippen MR) is 144 cm³/mol. The van der Waals surface area contributed by atoms with E-state index < -0.39 is 42.1 Å². The molecule has 2 N–H and O–H groups in total. The third-order valence-corrected chi connectivity index (χ3v) is 4.62. The second-order valence-corrected chi connectivity index (χ2v) is 8.90. The summed E-state index contributed by atoms with van der Waals surface area (Å²) in [5.74, 6) is -2.74. The largest absolute Gasteiger partial charge is 0.443 e. The van der Waals surface area contributed by atoms with E-state index in [9.17, 15) is 32.3 Å². The zero-order chi connectivity index (χ0) is 33.0. The monoisotopic (exact) mass is 562 g/mol. The second kappa shape index (κ2) is 15.7. The summed E-state index contributed by atoms with van der Waals surface area (Å²) in [5.41, 5.74) is 0.134. The van der Waals surface area contributed by atoms with Gasteiger partial charge in [-0.15, -0.1) is 0 Å². The van der Waals surface area contributed by atoms with Crippen molar-refractivity contribution in [3.8, 4) is 0 Å². The lowest BCUT2D eigenvalue weighted by molar-refractivity contribution is 0.0284. The molecule has 0 saturated carbocycles. The first-order valence-electron chi connectivity index (χ1n) is 13.2. The highest BCUT2D eigenvalue weighted by molar-refractivity contribution is 6.02. The number of benzene rings is 3. The zero-order valence-electron chi connectivity index (χ0n) is 25.6. The molecule has 3 rings (SSSR count). The Morgan fingerprint density at radius 2 is 1.05 bits per heavy atom. The lowest BCUT2D eigenvalue weighted by atomic mass is 10.2. The summed E-state index contributed by atoms with van der Waals surface area (Å²) in [6, 6.07) is 15.0. The van der Waals surface area contributed by atoms with E-state index in [1.807, 2.05) is 0 Å². The van der Waals surface area contributed by atoms with Crippen molar-refractivity contribution >= 4 is 23.8 Å². The summed E-state index contributed by atoms with van der Waals surface area (Å²) in [5, 5.41) is 4.23. The van der Waals surface area contributed by atoms with Gasteiger partial charge < -0.3 is 15.4 Å². The maximum Gasteiger partial charge on any atom is 0.417 e. The van der Waals surface area contributed by atoms with Crippen molar-refractivity contribution in [3.05, 3.63) is 107 Å². The van der Waals surface area contributed by atoms with E-state index in [4.69, 9.17) is 8.85 Å². The molecule has 11 heteroatoms. The number of carbonyl (C=O) groups excluding carboxylic acids is 4. The van der Waals surface area contributed by atoms with Crippen molar-refractivity contribution in [3.63, 3.8) is 0 Å². The summed E-state index contributed by atoms with van der Waals surface area (Å²) < 4.78 is 62.9. The van der Waals surface area contributed by atoms with Crippen molar-refractivity contribution < 1.29 is 41.2 Å². The normalized spacial score (nSPS) is 11.4. The molecular formula is C29H32F3N3O5. The lowest BCUT2D eigenvalue weighted by Crippen LogP contribution is -2.38. The molecule has 0 aliphatic heterocycles. The highest BCUT2D eigenvalue weighted by atomic mass is 19.1. The van der Waals surface area contributed by atoms with Gasteiger partial charge >= 0.3 is 6.09 Å². The first-order valence-corrected chi connectivity index (χ1v) is 11.7. The van der Waals surface area contributed by atoms with Crippen molar-refractivity contribution in [2.75, 3.05) is 21.1 Å². The van der Waals surface area contributed by atoms with Gasteiger partial charge in [0, 0.05) is 41.9 Å². The Balaban J connectivity index is 0.000000332. The van der Waals surface area contributed by atoms with Gasteiger partial charge in [-0.25, -0.2) is 22.9 Å². The minimum Gasteiger partial charge on any atom is -0.443 e. The molecule has 0 unspecified atom stereocenters. The molecule has 0 radical (unpaired) electrons. The lowest BCUT2D eigenvalue weighted by Gasteiger charge is -2.23. The maximum absolute atomic E-state index is 12.7. The number of imide groups is 1. The Bertz CT molecular complexity index is 1380. The molecule has 214 valence electrons. The van der Waals surface area contributed by atoms with E-state index in [2.05, 4.69) is 5.32 Å². The van der Waals surface area contributed by atoms with Gasteiger partial charge in [0.25, 0.3) is 17.7 Å². The van der Waals surface area contributed by atoms with Crippen LogP contribution in [0.5, 0.6) is 0 Å². The molecule has 3 aromatic carbocycles. The van der Waals surface area contributed by atoms with Crippen molar-refractivity contribution in [1.29, 1.82) is 0 Å². The first-order chi connectivity index (χ1) is 19.8. The van der Waals surface area contributed by atoms with Crippen LogP contribution in [-0.4, -0.2) is 55.4 Å². The number of amides is 4. The Labute approximate surface area is 235 Å². The van der Waals surface area contributed by atoms with Crippen LogP contribution in [0.3, 0.4) is 0 Å². The summed E-state index contributed by atoms with van der Waals surface area (Å²) >= 11 is 0. The molecule has 0 aliphatic carbocycles. The predicted octanol–water partition coefficient (Wildman–Crippen LogP) is 5.20. The minimum atomic E-state index is -2.52. The van der Waals surface area contributed by atoms with E-state index in [-0.39, 0.29) is 22.9 Å². The van der Waals surface area contributed by atoms with E-state index >= 15 is 0 Å². The highest BCUT2D eigenvalue weighted by Gasteiger charge is 2.24. The maximum atomic E-state index is 12.7. The van der Waals surface area contributed by atoms with Gasteiger partial charge in [-0.2, -0.15) is 0 Å². The Morgan fingerprint density at radius 1 is 0.700 bits per heavy atom. The van der Waals surface area contributed by atoms with E-state index in [1.165, 1.54) is 62.6 Å².